The first kappa shape index (κ1) is 29.7. The van der Waals surface area contributed by atoms with Crippen LogP contribution in [-0.4, -0.2) is 41.0 Å². The molecule has 0 saturated heterocycles. The van der Waals surface area contributed by atoms with Crippen LogP contribution < -0.4 is 0 Å². The third-order valence-corrected chi connectivity index (χ3v) is 2.93. The highest BCUT2D eigenvalue weighted by molar-refractivity contribution is 7.46. The summed E-state index contributed by atoms with van der Waals surface area (Å²) in [6.07, 6.45) is 3.48. The molecule has 0 saturated carbocycles. The maximum Gasteiger partial charge on any atom is 0.469 e. The van der Waals surface area contributed by atoms with Gasteiger partial charge in [-0.25, -0.2) is 14.2 Å². The fraction of sp³-hybridized carbons (Fsp3) is 0.154. The summed E-state index contributed by atoms with van der Waals surface area (Å²) >= 11 is 0. The number of terminal acetylenes is 1. The number of carbonyl (C=O) groups is 2. The molecule has 0 unspecified atom stereocenters. The number of phosphoric ester groups is 1. The zero-order valence-corrected chi connectivity index (χ0v) is 18.8. The van der Waals surface area contributed by atoms with Crippen molar-refractivity contribution >= 4 is 19.8 Å². The molecule has 0 aromatic rings. The van der Waals surface area contributed by atoms with Gasteiger partial charge in [0, 0.05) is 11.8 Å². The maximum atomic E-state index is 11.7. The van der Waals surface area contributed by atoms with E-state index in [0.717, 1.165) is 0 Å². The van der Waals surface area contributed by atoms with E-state index >= 15 is 0 Å². The van der Waals surface area contributed by atoms with Crippen LogP contribution in [0.4, 0.5) is 0 Å². The fourth-order valence-corrected chi connectivity index (χ4v) is 1.65. The van der Waals surface area contributed by atoms with Crippen molar-refractivity contribution in [2.24, 2.45) is 0 Å². The van der Waals surface area contributed by atoms with Crippen LogP contribution in [0.1, 0.15) is 6.92 Å². The fourth-order valence-electron chi connectivity index (χ4n) is 1.29. The second-order valence-electron chi connectivity index (χ2n) is 4.93. The van der Waals surface area contributed by atoms with Crippen LogP contribution in [0.2, 0.25) is 0 Å². The molecule has 8 nitrogen and oxygen atoms in total. The van der Waals surface area contributed by atoms with Crippen LogP contribution in [0.15, 0.2) is 0 Å². The molecule has 0 aromatic heterocycles. The maximum absolute atomic E-state index is 11.7. The molecule has 168 valence electrons. The van der Waals surface area contributed by atoms with Gasteiger partial charge in [-0.3, -0.25) is 4.52 Å². The zero-order valence-electron chi connectivity index (χ0n) is 17.9. The predicted octanol–water partition coefficient (Wildman–Crippen LogP) is -0.766. The molecule has 0 bridgehead atoms. The molecule has 0 radical (unpaired) electrons. The van der Waals surface area contributed by atoms with E-state index in [1.54, 1.807) is 6.92 Å². The highest BCUT2D eigenvalue weighted by atomic mass is 31.2. The molecule has 0 fully saturated rings. The molecule has 0 rings (SSSR count). The molecule has 2 N–H and O–H groups in total. The van der Waals surface area contributed by atoms with Gasteiger partial charge in [0.1, 0.15) is 6.61 Å². The Hall–Kier alpha value is -5.35. The number of phosphoric acid groups is 1. The van der Waals surface area contributed by atoms with Gasteiger partial charge in [-0.15, -0.1) is 6.42 Å². The largest absolute Gasteiger partial charge is 0.469 e. The Balaban J connectivity index is 4.95. The minimum absolute atomic E-state index is 0.646. The van der Waals surface area contributed by atoms with Gasteiger partial charge < -0.3 is 19.3 Å². The SMILES string of the molecule is C#CC#CC#CC#CC(=O)O[C@H](COC(=O)C#CC#CC#CC#CC#CC#CC)COP(=O)(O)O. The van der Waals surface area contributed by atoms with Gasteiger partial charge in [-0.2, -0.15) is 0 Å². The summed E-state index contributed by atoms with van der Waals surface area (Å²) in [5.74, 6) is 41.1. The van der Waals surface area contributed by atoms with Gasteiger partial charge in [0.2, 0.25) is 0 Å². The molecule has 0 heterocycles. The molecule has 1 atom stereocenters. The highest BCUT2D eigenvalue weighted by Gasteiger charge is 2.22. The van der Waals surface area contributed by atoms with Crippen LogP contribution in [0.25, 0.3) is 0 Å². The summed E-state index contributed by atoms with van der Waals surface area (Å²) in [5, 5.41) is 0. The summed E-state index contributed by atoms with van der Waals surface area (Å²) in [7, 11) is -4.89. The topological polar surface area (TPSA) is 119 Å². The van der Waals surface area contributed by atoms with Crippen molar-refractivity contribution in [3.05, 3.63) is 0 Å². The van der Waals surface area contributed by atoms with E-state index in [-0.39, 0.29) is 0 Å². The number of carbonyl (C=O) groups excluding carboxylic acids is 2. The first-order valence-electron chi connectivity index (χ1n) is 8.75. The number of hydrogen-bond donors (Lipinski definition) is 2. The zero-order chi connectivity index (χ0) is 26.2. The molecule has 0 aliphatic heterocycles. The Kier molecular flexibility index (Phi) is 16.4. The van der Waals surface area contributed by atoms with Crippen LogP contribution >= 0.6 is 7.82 Å². The monoisotopic (exact) mass is 482 g/mol. The number of ether oxygens (including phenoxy) is 2. The number of rotatable bonds is 6. The lowest BCUT2D eigenvalue weighted by molar-refractivity contribution is -0.153. The molecule has 0 spiro atoms. The average molecular weight is 482 g/mol. The standard InChI is InChI=1S/C26H11O8P/c1-3-5-7-9-11-12-13-14-15-17-18-20-25(27)32-22-24(23-33-35(29,30)31)34-26(28)21-19-16-10-8-6-4-2/h2,24H,22-23H2,1H3,(H2,29,30,31)/t24-/m1/s1. The Labute approximate surface area is 203 Å². The molecular weight excluding hydrogens is 471 g/mol. The van der Waals surface area contributed by atoms with E-state index in [1.165, 1.54) is 0 Å². The quantitative estimate of drug-likeness (QED) is 0.220. The van der Waals surface area contributed by atoms with Crippen molar-refractivity contribution in [1.29, 1.82) is 0 Å². The molecule has 9 heteroatoms. The molecule has 0 amide bonds. The van der Waals surface area contributed by atoms with Gasteiger partial charge >= 0.3 is 19.8 Å². The minimum Gasteiger partial charge on any atom is -0.452 e. The highest BCUT2D eigenvalue weighted by Crippen LogP contribution is 2.35. The average Bonchev–Trinajstić information content (AvgIpc) is 2.81. The van der Waals surface area contributed by atoms with Gasteiger partial charge in [-0.05, 0) is 102 Å². The lowest BCUT2D eigenvalue weighted by Gasteiger charge is -2.16. The molecule has 0 aliphatic carbocycles. The predicted molar refractivity (Wildman–Crippen MR) is 123 cm³/mol. The van der Waals surface area contributed by atoms with E-state index in [9.17, 15) is 14.2 Å². The molecular formula is C26H11O8P. The second-order valence-corrected chi connectivity index (χ2v) is 6.17. The van der Waals surface area contributed by atoms with Crippen molar-refractivity contribution in [2.45, 2.75) is 13.0 Å². The number of hydrogen-bond acceptors (Lipinski definition) is 6. The van der Waals surface area contributed by atoms with Gasteiger partial charge in [0.25, 0.3) is 0 Å². The lowest BCUT2D eigenvalue weighted by atomic mass is 10.4. The van der Waals surface area contributed by atoms with Crippen molar-refractivity contribution in [3.8, 4) is 119 Å². The Morgan fingerprint density at radius 2 is 1.20 bits per heavy atom. The molecule has 35 heavy (non-hydrogen) atoms. The van der Waals surface area contributed by atoms with Crippen LogP contribution in [0.5, 0.6) is 0 Å². The van der Waals surface area contributed by atoms with E-state index in [1.807, 2.05) is 17.8 Å². The molecule has 0 aromatic carbocycles. The van der Waals surface area contributed by atoms with Crippen molar-refractivity contribution < 1.29 is 37.9 Å². The van der Waals surface area contributed by atoms with Gasteiger partial charge in [0.15, 0.2) is 6.10 Å². The van der Waals surface area contributed by atoms with Crippen molar-refractivity contribution in [1.82, 2.24) is 0 Å². The van der Waals surface area contributed by atoms with Crippen LogP contribution in [0, 0.1) is 119 Å². The van der Waals surface area contributed by atoms with E-state index < -0.39 is 39.1 Å². The number of esters is 2. The minimum atomic E-state index is -4.89. The Bertz CT molecular complexity index is 1480. The smallest absolute Gasteiger partial charge is 0.452 e. The van der Waals surface area contributed by atoms with Gasteiger partial charge in [-0.1, -0.05) is 5.92 Å². The summed E-state index contributed by atoms with van der Waals surface area (Å²) in [4.78, 5) is 40.9. The van der Waals surface area contributed by atoms with Crippen LogP contribution in [-0.2, 0) is 28.2 Å². The summed E-state index contributed by atoms with van der Waals surface area (Å²) < 4.78 is 24.7. The summed E-state index contributed by atoms with van der Waals surface area (Å²) in [6, 6.07) is 0. The summed E-state index contributed by atoms with van der Waals surface area (Å²) in [5.41, 5.74) is 0. The van der Waals surface area contributed by atoms with E-state index in [0.29, 0.717) is 0 Å². The first-order chi connectivity index (χ1) is 16.8. The van der Waals surface area contributed by atoms with Crippen LogP contribution in [0.3, 0.4) is 0 Å². The Morgan fingerprint density at radius 3 is 1.69 bits per heavy atom. The Morgan fingerprint density at radius 1 is 0.743 bits per heavy atom. The van der Waals surface area contributed by atoms with E-state index in [4.69, 9.17) is 25.7 Å². The van der Waals surface area contributed by atoms with Crippen molar-refractivity contribution in [2.75, 3.05) is 13.2 Å². The lowest BCUT2D eigenvalue weighted by Crippen LogP contribution is -2.28. The first-order valence-corrected chi connectivity index (χ1v) is 10.3. The second kappa shape index (κ2) is 19.3. The van der Waals surface area contributed by atoms with Gasteiger partial charge in [0.05, 0.1) is 6.61 Å². The molecule has 0 aliphatic rings. The summed E-state index contributed by atoms with van der Waals surface area (Å²) in [6.45, 7) is 0.188. The van der Waals surface area contributed by atoms with Crippen molar-refractivity contribution in [3.63, 3.8) is 0 Å². The normalized spacial score (nSPS) is 8.06. The van der Waals surface area contributed by atoms with E-state index in [2.05, 4.69) is 99.3 Å². The third kappa shape index (κ3) is 21.7. The third-order valence-electron chi connectivity index (χ3n) is 2.44.